The summed E-state index contributed by atoms with van der Waals surface area (Å²) in [6, 6.07) is 3.91. The number of hydrogen-bond acceptors (Lipinski definition) is 4. The van der Waals surface area contributed by atoms with Crippen molar-refractivity contribution >= 4 is 29.2 Å². The van der Waals surface area contributed by atoms with E-state index in [2.05, 4.69) is 5.32 Å². The second-order valence-electron chi connectivity index (χ2n) is 5.47. The van der Waals surface area contributed by atoms with E-state index in [4.69, 9.17) is 22.1 Å². The largest absolute Gasteiger partial charge is 0.444 e. The van der Waals surface area contributed by atoms with E-state index in [9.17, 15) is 9.59 Å². The van der Waals surface area contributed by atoms with Crippen LogP contribution in [0, 0.1) is 0 Å². The Hall–Kier alpha value is -1.59. The summed E-state index contributed by atoms with van der Waals surface area (Å²) in [5.41, 5.74) is 5.54. The van der Waals surface area contributed by atoms with Crippen LogP contribution in [0.2, 0.25) is 5.02 Å². The highest BCUT2D eigenvalue weighted by atomic mass is 35.5. The molecule has 5 nitrogen and oxygen atoms in total. The SMILES string of the molecule is CC(N)C(=O)c1ccc(Cl)cc1NC(=O)OC(C)(C)C. The molecule has 1 amide bonds. The van der Waals surface area contributed by atoms with Crippen LogP contribution >= 0.6 is 11.6 Å². The Morgan fingerprint density at radius 2 is 1.95 bits per heavy atom. The van der Waals surface area contributed by atoms with Crippen LogP contribution in [0.4, 0.5) is 10.5 Å². The monoisotopic (exact) mass is 298 g/mol. The molecule has 1 rings (SSSR count). The van der Waals surface area contributed by atoms with Gasteiger partial charge in [-0.05, 0) is 45.9 Å². The zero-order valence-corrected chi connectivity index (χ0v) is 12.7. The molecule has 0 bridgehead atoms. The number of ether oxygens (including phenoxy) is 1. The molecule has 110 valence electrons. The molecule has 0 aliphatic carbocycles. The standard InChI is InChI=1S/C14H19ClN2O3/c1-8(16)12(18)10-6-5-9(15)7-11(10)17-13(19)20-14(2,3)4/h5-8H,16H2,1-4H3,(H,17,19). The average molecular weight is 299 g/mol. The molecule has 3 N–H and O–H groups in total. The number of nitrogens with two attached hydrogens (primary N) is 1. The van der Waals surface area contributed by atoms with Gasteiger partial charge in [0.05, 0.1) is 11.7 Å². The van der Waals surface area contributed by atoms with Crippen molar-refractivity contribution in [3.63, 3.8) is 0 Å². The first-order valence-electron chi connectivity index (χ1n) is 6.19. The van der Waals surface area contributed by atoms with Crippen molar-refractivity contribution in [2.24, 2.45) is 5.73 Å². The van der Waals surface area contributed by atoms with E-state index in [0.29, 0.717) is 10.6 Å². The molecule has 20 heavy (non-hydrogen) atoms. The molecule has 0 saturated heterocycles. The molecule has 0 spiro atoms. The Kier molecular flexibility index (Phi) is 5.14. The first kappa shape index (κ1) is 16.5. The predicted molar refractivity (Wildman–Crippen MR) is 79.3 cm³/mol. The molecule has 1 aromatic carbocycles. The third-order valence-corrected chi connectivity index (χ3v) is 2.53. The molecule has 1 unspecified atom stereocenters. The maximum atomic E-state index is 12.0. The highest BCUT2D eigenvalue weighted by molar-refractivity contribution is 6.31. The number of rotatable bonds is 3. The zero-order chi connectivity index (χ0) is 15.5. The summed E-state index contributed by atoms with van der Waals surface area (Å²) in [6.07, 6.45) is -0.654. The number of anilines is 1. The number of benzene rings is 1. The van der Waals surface area contributed by atoms with Crippen LogP contribution in [0.25, 0.3) is 0 Å². The molecule has 0 aromatic heterocycles. The van der Waals surface area contributed by atoms with Crippen molar-refractivity contribution in [2.45, 2.75) is 39.3 Å². The van der Waals surface area contributed by atoms with Crippen LogP contribution in [-0.4, -0.2) is 23.5 Å². The molecule has 6 heteroatoms. The zero-order valence-electron chi connectivity index (χ0n) is 12.0. The smallest absolute Gasteiger partial charge is 0.412 e. The van der Waals surface area contributed by atoms with E-state index in [1.54, 1.807) is 33.8 Å². The quantitative estimate of drug-likeness (QED) is 0.840. The van der Waals surface area contributed by atoms with Crippen molar-refractivity contribution in [3.8, 4) is 0 Å². The molecular formula is C14H19ClN2O3. The number of ketones is 1. The Morgan fingerprint density at radius 1 is 1.35 bits per heavy atom. The van der Waals surface area contributed by atoms with E-state index in [-0.39, 0.29) is 11.5 Å². The first-order valence-corrected chi connectivity index (χ1v) is 6.57. The van der Waals surface area contributed by atoms with E-state index in [1.807, 2.05) is 0 Å². The first-order chi connectivity index (χ1) is 9.10. The van der Waals surface area contributed by atoms with Gasteiger partial charge >= 0.3 is 6.09 Å². The summed E-state index contributed by atoms with van der Waals surface area (Å²) in [5.74, 6) is -0.285. The predicted octanol–water partition coefficient (Wildman–Crippen LogP) is 3.22. The third kappa shape index (κ3) is 4.83. The molecular weight excluding hydrogens is 280 g/mol. The number of halogens is 1. The Balaban J connectivity index is 3.02. The van der Waals surface area contributed by atoms with E-state index >= 15 is 0 Å². The summed E-state index contributed by atoms with van der Waals surface area (Å²) < 4.78 is 5.14. The van der Waals surface area contributed by atoms with Gasteiger partial charge in [-0.25, -0.2) is 4.79 Å². The van der Waals surface area contributed by atoms with Gasteiger partial charge in [-0.15, -0.1) is 0 Å². The minimum absolute atomic E-state index is 0.285. The maximum Gasteiger partial charge on any atom is 0.412 e. The Morgan fingerprint density at radius 3 is 2.45 bits per heavy atom. The summed E-state index contributed by atoms with van der Waals surface area (Å²) >= 11 is 5.88. The van der Waals surface area contributed by atoms with Crippen molar-refractivity contribution in [2.75, 3.05) is 5.32 Å². The van der Waals surface area contributed by atoms with Crippen molar-refractivity contribution in [3.05, 3.63) is 28.8 Å². The second-order valence-corrected chi connectivity index (χ2v) is 5.91. The van der Waals surface area contributed by atoms with E-state index in [1.165, 1.54) is 12.1 Å². The fourth-order valence-corrected chi connectivity index (χ4v) is 1.67. The van der Waals surface area contributed by atoms with Gasteiger partial charge in [0, 0.05) is 10.6 Å². The van der Waals surface area contributed by atoms with Gasteiger partial charge < -0.3 is 10.5 Å². The minimum atomic E-state index is -0.671. The van der Waals surface area contributed by atoms with E-state index in [0.717, 1.165) is 0 Å². The van der Waals surface area contributed by atoms with Crippen molar-refractivity contribution < 1.29 is 14.3 Å². The number of hydrogen-bond donors (Lipinski definition) is 2. The van der Waals surface area contributed by atoms with E-state index < -0.39 is 17.7 Å². The average Bonchev–Trinajstić information content (AvgIpc) is 2.25. The number of carbonyl (C=O) groups excluding carboxylic acids is 2. The highest BCUT2D eigenvalue weighted by Gasteiger charge is 2.20. The molecule has 0 aliphatic heterocycles. The maximum absolute atomic E-state index is 12.0. The van der Waals surface area contributed by atoms with Crippen LogP contribution < -0.4 is 11.1 Å². The van der Waals surface area contributed by atoms with Gasteiger partial charge in [-0.2, -0.15) is 0 Å². The lowest BCUT2D eigenvalue weighted by Gasteiger charge is -2.20. The number of nitrogens with one attached hydrogen (secondary N) is 1. The van der Waals surface area contributed by atoms with Crippen molar-refractivity contribution in [1.29, 1.82) is 0 Å². The highest BCUT2D eigenvalue weighted by Crippen LogP contribution is 2.23. The minimum Gasteiger partial charge on any atom is -0.444 e. The fourth-order valence-electron chi connectivity index (χ4n) is 1.49. The summed E-state index contributed by atoms with van der Waals surface area (Å²) in [7, 11) is 0. The van der Waals surface area contributed by atoms with Gasteiger partial charge in [-0.3, -0.25) is 10.1 Å². The van der Waals surface area contributed by atoms with Crippen LogP contribution in [0.3, 0.4) is 0 Å². The lowest BCUT2D eigenvalue weighted by atomic mass is 10.0. The molecule has 0 radical (unpaired) electrons. The number of carbonyl (C=O) groups is 2. The molecule has 0 saturated carbocycles. The van der Waals surface area contributed by atoms with Crippen LogP contribution in [0.1, 0.15) is 38.1 Å². The molecule has 1 atom stereocenters. The lowest BCUT2D eigenvalue weighted by molar-refractivity contribution is 0.0636. The molecule has 1 aromatic rings. The van der Waals surface area contributed by atoms with Gasteiger partial charge in [0.15, 0.2) is 5.78 Å². The normalized spacial score (nSPS) is 12.7. The Bertz CT molecular complexity index is 522. The summed E-state index contributed by atoms with van der Waals surface area (Å²) in [5, 5.41) is 2.92. The van der Waals surface area contributed by atoms with Gasteiger partial charge in [-0.1, -0.05) is 11.6 Å². The van der Waals surface area contributed by atoms with Crippen LogP contribution in [0.15, 0.2) is 18.2 Å². The summed E-state index contributed by atoms with van der Waals surface area (Å²) in [4.78, 5) is 23.7. The number of amides is 1. The fraction of sp³-hybridized carbons (Fsp3) is 0.429. The lowest BCUT2D eigenvalue weighted by Crippen LogP contribution is -2.30. The van der Waals surface area contributed by atoms with Crippen LogP contribution in [0.5, 0.6) is 0 Å². The van der Waals surface area contributed by atoms with Crippen molar-refractivity contribution in [1.82, 2.24) is 0 Å². The third-order valence-electron chi connectivity index (χ3n) is 2.30. The topological polar surface area (TPSA) is 81.4 Å². The molecule has 0 aliphatic rings. The molecule has 0 heterocycles. The van der Waals surface area contributed by atoms with Crippen LogP contribution in [-0.2, 0) is 4.74 Å². The molecule has 0 fully saturated rings. The second kappa shape index (κ2) is 6.24. The van der Waals surface area contributed by atoms with Gasteiger partial charge in [0.1, 0.15) is 5.60 Å². The number of Topliss-reactive ketones (excluding diaryl/α,β-unsaturated/α-hetero) is 1. The Labute approximate surface area is 123 Å². The van der Waals surface area contributed by atoms with Gasteiger partial charge in [0.2, 0.25) is 0 Å². The van der Waals surface area contributed by atoms with Gasteiger partial charge in [0.25, 0.3) is 0 Å². The summed E-state index contributed by atoms with van der Waals surface area (Å²) in [6.45, 7) is 6.82.